The number of aryl methyl sites for hydroxylation is 1. The number of hydrogen-bond acceptors (Lipinski definition) is 4. The van der Waals surface area contributed by atoms with Gasteiger partial charge in [-0.25, -0.2) is 4.79 Å². The van der Waals surface area contributed by atoms with Crippen LogP contribution in [0.25, 0.3) is 0 Å². The van der Waals surface area contributed by atoms with Crippen LogP contribution < -0.4 is 5.69 Å². The van der Waals surface area contributed by atoms with Crippen molar-refractivity contribution in [3.63, 3.8) is 0 Å². The van der Waals surface area contributed by atoms with E-state index in [-0.39, 0.29) is 17.5 Å². The van der Waals surface area contributed by atoms with Gasteiger partial charge in [-0.15, -0.1) is 0 Å². The zero-order chi connectivity index (χ0) is 16.4. The van der Waals surface area contributed by atoms with Crippen molar-refractivity contribution in [2.24, 2.45) is 5.41 Å². The predicted octanol–water partition coefficient (Wildman–Crippen LogP) is 1.08. The van der Waals surface area contributed by atoms with Crippen LogP contribution in [0.1, 0.15) is 30.8 Å². The number of aliphatic carboxylic acids is 1. The summed E-state index contributed by atoms with van der Waals surface area (Å²) in [7, 11) is 3.97. The first-order valence-electron chi connectivity index (χ1n) is 6.97. The molecule has 0 fully saturated rings. The summed E-state index contributed by atoms with van der Waals surface area (Å²) in [6, 6.07) is 0. The number of hydrogen-bond donors (Lipinski definition) is 1. The Bertz CT molecular complexity index is 589. The maximum atomic E-state index is 12.2. The lowest BCUT2D eigenvalue weighted by molar-refractivity contribution is -0.136. The Balaban J connectivity index is 3.24. The molecule has 0 aliphatic heterocycles. The topological polar surface area (TPSA) is 75.4 Å². The molecule has 0 radical (unpaired) electrons. The molecule has 1 aromatic heterocycles. The third kappa shape index (κ3) is 4.67. The molecule has 118 valence electrons. The van der Waals surface area contributed by atoms with E-state index in [1.807, 2.05) is 14.1 Å². The van der Waals surface area contributed by atoms with Crippen LogP contribution in [0.15, 0.2) is 4.79 Å². The fourth-order valence-electron chi connectivity index (χ4n) is 2.77. The summed E-state index contributed by atoms with van der Waals surface area (Å²) in [5.41, 5.74) is 1.40. The van der Waals surface area contributed by atoms with Gasteiger partial charge in [0, 0.05) is 30.0 Å². The minimum Gasteiger partial charge on any atom is -0.481 e. The molecule has 0 aromatic carbocycles. The molecular weight excluding hydrogens is 270 g/mol. The molecule has 1 rings (SSSR count). The van der Waals surface area contributed by atoms with E-state index in [1.54, 1.807) is 18.4 Å². The van der Waals surface area contributed by atoms with E-state index < -0.39 is 5.97 Å². The van der Waals surface area contributed by atoms with E-state index in [9.17, 15) is 9.59 Å². The highest BCUT2D eigenvalue weighted by Gasteiger charge is 2.23. The Labute approximate surface area is 125 Å². The highest BCUT2D eigenvalue weighted by Crippen LogP contribution is 2.20. The van der Waals surface area contributed by atoms with Gasteiger partial charge in [0.15, 0.2) is 0 Å². The maximum Gasteiger partial charge on any atom is 0.347 e. The average molecular weight is 295 g/mol. The number of rotatable bonds is 6. The van der Waals surface area contributed by atoms with E-state index in [2.05, 4.69) is 23.7 Å². The van der Waals surface area contributed by atoms with Crippen LogP contribution in [0.5, 0.6) is 0 Å². The second-order valence-corrected chi connectivity index (χ2v) is 6.60. The highest BCUT2D eigenvalue weighted by molar-refractivity contribution is 5.70. The zero-order valence-electron chi connectivity index (χ0n) is 13.7. The molecule has 0 saturated heterocycles. The van der Waals surface area contributed by atoms with Gasteiger partial charge in [0.25, 0.3) is 0 Å². The summed E-state index contributed by atoms with van der Waals surface area (Å²) in [5, 5.41) is 9.01. The van der Waals surface area contributed by atoms with E-state index in [0.717, 1.165) is 6.54 Å². The fourth-order valence-corrected chi connectivity index (χ4v) is 2.77. The molecule has 6 nitrogen and oxygen atoms in total. The van der Waals surface area contributed by atoms with Crippen LogP contribution >= 0.6 is 0 Å². The number of carbonyl (C=O) groups is 1. The number of carboxylic acids is 1. The molecule has 0 saturated carbocycles. The summed E-state index contributed by atoms with van der Waals surface area (Å²) in [5.74, 6) is -0.916. The van der Waals surface area contributed by atoms with Gasteiger partial charge in [-0.1, -0.05) is 13.8 Å². The Morgan fingerprint density at radius 1 is 1.33 bits per heavy atom. The molecule has 1 heterocycles. The smallest absolute Gasteiger partial charge is 0.347 e. The van der Waals surface area contributed by atoms with Crippen molar-refractivity contribution in [1.29, 1.82) is 0 Å². The molecule has 1 N–H and O–H groups in total. The molecule has 6 heteroatoms. The molecule has 0 unspecified atom stereocenters. The molecule has 0 aliphatic rings. The van der Waals surface area contributed by atoms with Gasteiger partial charge in [-0.3, -0.25) is 9.36 Å². The minimum absolute atomic E-state index is 0.112. The largest absolute Gasteiger partial charge is 0.481 e. The molecule has 1 aromatic rings. The number of aromatic nitrogens is 2. The SMILES string of the molecule is Cc1nc(=O)n(CC(C)(C)CN(C)C)c(C)c1CC(=O)O. The molecule has 0 spiro atoms. The number of carboxylic acid groups (broad SMARTS) is 1. The fraction of sp³-hybridized carbons (Fsp3) is 0.667. The lowest BCUT2D eigenvalue weighted by Gasteiger charge is -2.30. The standard InChI is InChI=1S/C15H25N3O3/c1-10-12(7-13(19)20)11(2)18(14(21)16-10)9-15(3,4)8-17(5)6/h7-9H2,1-6H3,(H,19,20). The summed E-state index contributed by atoms with van der Waals surface area (Å²) in [4.78, 5) is 29.2. The van der Waals surface area contributed by atoms with Crippen LogP contribution in [0.3, 0.4) is 0 Å². The molecule has 0 amide bonds. The zero-order valence-corrected chi connectivity index (χ0v) is 13.7. The summed E-state index contributed by atoms with van der Waals surface area (Å²) >= 11 is 0. The van der Waals surface area contributed by atoms with E-state index in [4.69, 9.17) is 5.11 Å². The first-order chi connectivity index (χ1) is 9.53. The molecule has 0 aliphatic carbocycles. The monoisotopic (exact) mass is 295 g/mol. The van der Waals surface area contributed by atoms with Gasteiger partial charge in [0.05, 0.1) is 6.42 Å². The van der Waals surface area contributed by atoms with Crippen molar-refractivity contribution < 1.29 is 9.90 Å². The summed E-state index contributed by atoms with van der Waals surface area (Å²) in [6.45, 7) is 8.96. The van der Waals surface area contributed by atoms with Gasteiger partial charge in [-0.2, -0.15) is 4.98 Å². The summed E-state index contributed by atoms with van der Waals surface area (Å²) in [6.07, 6.45) is -0.112. The quantitative estimate of drug-likeness (QED) is 0.850. The molecule has 0 atom stereocenters. The lowest BCUT2D eigenvalue weighted by Crippen LogP contribution is -2.38. The molecular formula is C15H25N3O3. The van der Waals surface area contributed by atoms with Gasteiger partial charge < -0.3 is 10.0 Å². The lowest BCUT2D eigenvalue weighted by atomic mass is 9.92. The van der Waals surface area contributed by atoms with Crippen molar-refractivity contribution in [1.82, 2.24) is 14.5 Å². The average Bonchev–Trinajstić information content (AvgIpc) is 2.28. The second-order valence-electron chi connectivity index (χ2n) is 6.60. The first-order valence-corrected chi connectivity index (χ1v) is 6.97. The van der Waals surface area contributed by atoms with Crippen molar-refractivity contribution in [2.75, 3.05) is 20.6 Å². The summed E-state index contributed by atoms with van der Waals surface area (Å²) < 4.78 is 1.59. The van der Waals surface area contributed by atoms with Gasteiger partial charge in [-0.05, 0) is 33.4 Å². The van der Waals surface area contributed by atoms with E-state index in [1.165, 1.54) is 0 Å². The molecule has 0 bridgehead atoms. The van der Waals surface area contributed by atoms with Crippen molar-refractivity contribution in [3.8, 4) is 0 Å². The van der Waals surface area contributed by atoms with Crippen LogP contribution in [-0.2, 0) is 17.8 Å². The third-order valence-electron chi connectivity index (χ3n) is 3.43. The van der Waals surface area contributed by atoms with Crippen LogP contribution in [-0.4, -0.2) is 46.2 Å². The van der Waals surface area contributed by atoms with E-state index >= 15 is 0 Å². The Morgan fingerprint density at radius 3 is 2.38 bits per heavy atom. The van der Waals surface area contributed by atoms with Gasteiger partial charge in [0.2, 0.25) is 0 Å². The van der Waals surface area contributed by atoms with Crippen LogP contribution in [0.2, 0.25) is 0 Å². The van der Waals surface area contributed by atoms with Gasteiger partial charge in [0.1, 0.15) is 0 Å². The second kappa shape index (κ2) is 6.39. The Morgan fingerprint density at radius 2 is 1.90 bits per heavy atom. The van der Waals surface area contributed by atoms with Crippen LogP contribution in [0.4, 0.5) is 0 Å². The maximum absolute atomic E-state index is 12.2. The minimum atomic E-state index is -0.916. The Hall–Kier alpha value is -1.69. The van der Waals surface area contributed by atoms with Gasteiger partial charge >= 0.3 is 11.7 Å². The molecule has 21 heavy (non-hydrogen) atoms. The van der Waals surface area contributed by atoms with Crippen molar-refractivity contribution >= 4 is 5.97 Å². The first kappa shape index (κ1) is 17.4. The number of nitrogens with zero attached hydrogens (tertiary/aromatic N) is 3. The van der Waals surface area contributed by atoms with Crippen molar-refractivity contribution in [3.05, 3.63) is 27.4 Å². The van der Waals surface area contributed by atoms with Crippen LogP contribution in [0, 0.1) is 19.3 Å². The normalized spacial score (nSPS) is 12.0. The van der Waals surface area contributed by atoms with E-state index in [0.29, 0.717) is 23.5 Å². The van der Waals surface area contributed by atoms with Crippen molar-refractivity contribution in [2.45, 2.75) is 40.7 Å². The highest BCUT2D eigenvalue weighted by atomic mass is 16.4. The predicted molar refractivity (Wildman–Crippen MR) is 81.6 cm³/mol. The third-order valence-corrected chi connectivity index (χ3v) is 3.43. The Kier molecular flexibility index (Phi) is 5.28.